The molecule has 4 nitrogen and oxygen atoms in total. The summed E-state index contributed by atoms with van der Waals surface area (Å²) in [6, 6.07) is 21.8. The predicted octanol–water partition coefficient (Wildman–Crippen LogP) is 6.13. The molecule has 1 N–H and O–H groups in total. The average molecular weight is 344 g/mol. The Kier molecular flexibility index (Phi) is 5.23. The van der Waals surface area contributed by atoms with E-state index in [0.717, 1.165) is 22.3 Å². The minimum atomic E-state index is -0.960. The van der Waals surface area contributed by atoms with Crippen LogP contribution in [0.25, 0.3) is 22.3 Å². The van der Waals surface area contributed by atoms with Crippen LogP contribution in [0.15, 0.2) is 77.0 Å². The number of nitrogens with zero attached hydrogens (tertiary/aromatic N) is 2. The fourth-order valence-electron chi connectivity index (χ4n) is 2.82. The van der Waals surface area contributed by atoms with Crippen molar-refractivity contribution < 1.29 is 9.90 Å². The SMILES string of the molecule is CCN=Nc1cc(-c2ccc(-c3ccccc3)cc2)cc(C(=O)O)c1C. The molecular formula is C22H20N2O2. The summed E-state index contributed by atoms with van der Waals surface area (Å²) in [6.45, 7) is 4.21. The highest BCUT2D eigenvalue weighted by Gasteiger charge is 2.14. The summed E-state index contributed by atoms with van der Waals surface area (Å²) in [5.41, 5.74) is 5.49. The van der Waals surface area contributed by atoms with Crippen molar-refractivity contribution in [2.75, 3.05) is 6.54 Å². The van der Waals surface area contributed by atoms with E-state index in [1.54, 1.807) is 13.0 Å². The van der Waals surface area contributed by atoms with Crippen LogP contribution in [0.5, 0.6) is 0 Å². The minimum absolute atomic E-state index is 0.250. The number of hydrogen-bond acceptors (Lipinski definition) is 3. The Morgan fingerprint density at radius 3 is 2.04 bits per heavy atom. The van der Waals surface area contributed by atoms with Crippen molar-refractivity contribution in [2.45, 2.75) is 13.8 Å². The van der Waals surface area contributed by atoms with Crippen molar-refractivity contribution in [3.8, 4) is 22.3 Å². The van der Waals surface area contributed by atoms with Gasteiger partial charge in [-0.15, -0.1) is 0 Å². The maximum Gasteiger partial charge on any atom is 0.336 e. The second-order valence-corrected chi connectivity index (χ2v) is 5.97. The molecule has 4 heteroatoms. The number of benzene rings is 3. The smallest absolute Gasteiger partial charge is 0.336 e. The highest BCUT2D eigenvalue weighted by atomic mass is 16.4. The van der Waals surface area contributed by atoms with Gasteiger partial charge in [0.25, 0.3) is 0 Å². The summed E-state index contributed by atoms with van der Waals surface area (Å²) in [5.74, 6) is -0.960. The Labute approximate surface area is 152 Å². The fourth-order valence-corrected chi connectivity index (χ4v) is 2.82. The first kappa shape index (κ1) is 17.5. The monoisotopic (exact) mass is 344 g/mol. The molecule has 0 amide bonds. The summed E-state index contributed by atoms with van der Waals surface area (Å²) in [5, 5.41) is 17.7. The average Bonchev–Trinajstić information content (AvgIpc) is 2.68. The molecule has 130 valence electrons. The lowest BCUT2D eigenvalue weighted by Crippen LogP contribution is -2.00. The molecule has 0 heterocycles. The van der Waals surface area contributed by atoms with Crippen LogP contribution in [0.4, 0.5) is 5.69 Å². The first-order chi connectivity index (χ1) is 12.6. The lowest BCUT2D eigenvalue weighted by atomic mass is 9.96. The van der Waals surface area contributed by atoms with Crippen LogP contribution in [-0.4, -0.2) is 17.6 Å². The van der Waals surface area contributed by atoms with Gasteiger partial charge in [-0.3, -0.25) is 0 Å². The molecule has 0 unspecified atom stereocenters. The molecule has 0 aliphatic heterocycles. The van der Waals surface area contributed by atoms with Crippen molar-refractivity contribution in [2.24, 2.45) is 10.2 Å². The third-order valence-corrected chi connectivity index (χ3v) is 4.26. The normalized spacial score (nSPS) is 11.0. The summed E-state index contributed by atoms with van der Waals surface area (Å²) < 4.78 is 0. The Hall–Kier alpha value is -3.27. The molecule has 0 saturated heterocycles. The number of azo groups is 1. The molecule has 0 atom stereocenters. The third kappa shape index (κ3) is 3.70. The molecule has 3 rings (SSSR count). The largest absolute Gasteiger partial charge is 0.478 e. The summed E-state index contributed by atoms with van der Waals surface area (Å²) >= 11 is 0. The van der Waals surface area contributed by atoms with Crippen molar-refractivity contribution >= 4 is 11.7 Å². The molecule has 0 bridgehead atoms. The van der Waals surface area contributed by atoms with E-state index in [-0.39, 0.29) is 5.56 Å². The molecule has 0 aliphatic rings. The van der Waals surface area contributed by atoms with Crippen LogP contribution in [-0.2, 0) is 0 Å². The Morgan fingerprint density at radius 1 is 0.885 bits per heavy atom. The first-order valence-electron chi connectivity index (χ1n) is 8.51. The van der Waals surface area contributed by atoms with Gasteiger partial charge >= 0.3 is 5.97 Å². The molecule has 0 fully saturated rings. The van der Waals surface area contributed by atoms with E-state index < -0.39 is 5.97 Å². The molecule has 0 saturated carbocycles. The standard InChI is InChI=1S/C22H20N2O2/c1-3-23-24-21-14-19(13-20(15(21)2)22(25)26)18-11-9-17(10-12-18)16-7-5-4-6-8-16/h4-14H,3H2,1-2H3,(H,25,26). The van der Waals surface area contributed by atoms with E-state index in [1.165, 1.54) is 0 Å². The van der Waals surface area contributed by atoms with Crippen LogP contribution in [0, 0.1) is 6.92 Å². The second-order valence-electron chi connectivity index (χ2n) is 5.97. The van der Waals surface area contributed by atoms with Crippen LogP contribution in [0.2, 0.25) is 0 Å². The number of carboxylic acid groups (broad SMARTS) is 1. The molecule has 0 spiro atoms. The highest BCUT2D eigenvalue weighted by Crippen LogP contribution is 2.32. The predicted molar refractivity (Wildman–Crippen MR) is 104 cm³/mol. The Bertz CT molecular complexity index is 946. The number of rotatable bonds is 5. The molecule has 0 aromatic heterocycles. The number of carboxylic acids is 1. The van der Waals surface area contributed by atoms with Gasteiger partial charge in [-0.1, -0.05) is 54.6 Å². The van der Waals surface area contributed by atoms with Gasteiger partial charge in [0, 0.05) is 0 Å². The van der Waals surface area contributed by atoms with E-state index in [2.05, 4.69) is 22.4 Å². The summed E-state index contributed by atoms with van der Waals surface area (Å²) in [6.07, 6.45) is 0. The highest BCUT2D eigenvalue weighted by molar-refractivity contribution is 5.93. The van der Waals surface area contributed by atoms with Crippen LogP contribution >= 0.6 is 0 Å². The van der Waals surface area contributed by atoms with E-state index in [1.807, 2.05) is 55.5 Å². The van der Waals surface area contributed by atoms with E-state index in [4.69, 9.17) is 0 Å². The van der Waals surface area contributed by atoms with Crippen LogP contribution in [0.3, 0.4) is 0 Å². The zero-order valence-corrected chi connectivity index (χ0v) is 14.8. The minimum Gasteiger partial charge on any atom is -0.478 e. The van der Waals surface area contributed by atoms with Gasteiger partial charge in [0.2, 0.25) is 0 Å². The number of carbonyl (C=O) groups is 1. The van der Waals surface area contributed by atoms with Crippen LogP contribution in [0.1, 0.15) is 22.8 Å². The zero-order valence-electron chi connectivity index (χ0n) is 14.8. The van der Waals surface area contributed by atoms with E-state index in [0.29, 0.717) is 17.8 Å². The summed E-state index contributed by atoms with van der Waals surface area (Å²) in [7, 11) is 0. The van der Waals surface area contributed by atoms with Gasteiger partial charge in [0.05, 0.1) is 17.8 Å². The molecule has 0 aliphatic carbocycles. The van der Waals surface area contributed by atoms with Gasteiger partial charge < -0.3 is 5.11 Å². The van der Waals surface area contributed by atoms with Gasteiger partial charge in [-0.05, 0) is 53.8 Å². The molecule has 3 aromatic carbocycles. The zero-order chi connectivity index (χ0) is 18.5. The van der Waals surface area contributed by atoms with E-state index >= 15 is 0 Å². The van der Waals surface area contributed by atoms with Crippen molar-refractivity contribution in [3.05, 3.63) is 77.9 Å². The maximum absolute atomic E-state index is 11.6. The van der Waals surface area contributed by atoms with Crippen molar-refractivity contribution in [1.82, 2.24) is 0 Å². The second kappa shape index (κ2) is 7.74. The fraction of sp³-hybridized carbons (Fsp3) is 0.136. The number of hydrogen-bond donors (Lipinski definition) is 1. The van der Waals surface area contributed by atoms with Crippen molar-refractivity contribution in [1.29, 1.82) is 0 Å². The van der Waals surface area contributed by atoms with Gasteiger partial charge in [0.15, 0.2) is 0 Å². The van der Waals surface area contributed by atoms with Crippen LogP contribution < -0.4 is 0 Å². The topological polar surface area (TPSA) is 62.0 Å². The lowest BCUT2D eigenvalue weighted by Gasteiger charge is -2.10. The lowest BCUT2D eigenvalue weighted by molar-refractivity contribution is 0.0696. The van der Waals surface area contributed by atoms with Gasteiger partial charge in [-0.25, -0.2) is 4.79 Å². The maximum atomic E-state index is 11.6. The van der Waals surface area contributed by atoms with E-state index in [9.17, 15) is 9.90 Å². The van der Waals surface area contributed by atoms with Crippen molar-refractivity contribution in [3.63, 3.8) is 0 Å². The Morgan fingerprint density at radius 2 is 1.46 bits per heavy atom. The number of aromatic carboxylic acids is 1. The molecular weight excluding hydrogens is 324 g/mol. The van der Waals surface area contributed by atoms with Gasteiger partial charge in [0.1, 0.15) is 0 Å². The molecule has 3 aromatic rings. The first-order valence-corrected chi connectivity index (χ1v) is 8.51. The molecule has 26 heavy (non-hydrogen) atoms. The Balaban J connectivity index is 2.04. The third-order valence-electron chi connectivity index (χ3n) is 4.26. The summed E-state index contributed by atoms with van der Waals surface area (Å²) in [4.78, 5) is 11.6. The quantitative estimate of drug-likeness (QED) is 0.566. The molecule has 0 radical (unpaired) electrons. The van der Waals surface area contributed by atoms with Gasteiger partial charge in [-0.2, -0.15) is 10.2 Å².